The van der Waals surface area contributed by atoms with Crippen molar-refractivity contribution < 1.29 is 4.74 Å². The molecule has 1 aliphatic heterocycles. The summed E-state index contributed by atoms with van der Waals surface area (Å²) in [5.74, 6) is 3.40. The molecule has 4 nitrogen and oxygen atoms in total. The van der Waals surface area contributed by atoms with Crippen LogP contribution < -0.4 is 10.6 Å². The average molecular weight is 265 g/mol. The summed E-state index contributed by atoms with van der Waals surface area (Å²) in [5, 5.41) is 1.71. The number of aromatic nitrogens is 2. The van der Waals surface area contributed by atoms with E-state index in [0.29, 0.717) is 18.1 Å². The lowest BCUT2D eigenvalue weighted by molar-refractivity contribution is 0.321. The van der Waals surface area contributed by atoms with E-state index in [-0.39, 0.29) is 0 Å². The van der Waals surface area contributed by atoms with Crippen molar-refractivity contribution in [2.45, 2.75) is 13.3 Å². The quantitative estimate of drug-likeness (QED) is 0.763. The zero-order chi connectivity index (χ0) is 14.4. The number of aliphatic imine (C=N–C) groups is 1. The van der Waals surface area contributed by atoms with Crippen LogP contribution in [0.25, 0.3) is 12.2 Å². The van der Waals surface area contributed by atoms with Crippen molar-refractivity contribution >= 4 is 18.0 Å². The number of fused-ring (bicyclic) bond motifs is 1. The average Bonchev–Trinajstić information content (AvgIpc) is 2.49. The first-order valence-corrected chi connectivity index (χ1v) is 6.18. The van der Waals surface area contributed by atoms with Gasteiger partial charge in [0, 0.05) is 17.0 Å². The zero-order valence-electron chi connectivity index (χ0n) is 11.3. The van der Waals surface area contributed by atoms with E-state index in [1.54, 1.807) is 12.3 Å². The van der Waals surface area contributed by atoms with Crippen LogP contribution >= 0.6 is 0 Å². The number of nitrogens with zero attached hydrogens (tertiary/aromatic N) is 3. The third-order valence-corrected chi connectivity index (χ3v) is 2.66. The third kappa shape index (κ3) is 3.19. The molecule has 0 fully saturated rings. The molecule has 4 heteroatoms. The molecule has 0 radical (unpaired) electrons. The largest absolute Gasteiger partial charge is 0.439 e. The van der Waals surface area contributed by atoms with Gasteiger partial charge < -0.3 is 4.74 Å². The van der Waals surface area contributed by atoms with Gasteiger partial charge in [-0.2, -0.15) is 4.99 Å². The number of hydrogen-bond donors (Lipinski definition) is 0. The fourth-order valence-corrected chi connectivity index (χ4v) is 1.83. The number of ether oxygens (including phenoxy) is 1. The lowest BCUT2D eigenvalue weighted by Crippen LogP contribution is -2.28. The Hall–Kier alpha value is -2.71. The van der Waals surface area contributed by atoms with Gasteiger partial charge in [-0.25, -0.2) is 9.97 Å². The van der Waals surface area contributed by atoms with Gasteiger partial charge >= 0.3 is 0 Å². The maximum Gasteiger partial charge on any atom is 0.230 e. The van der Waals surface area contributed by atoms with Crippen molar-refractivity contribution in [1.82, 2.24) is 9.97 Å². The van der Waals surface area contributed by atoms with Crippen molar-refractivity contribution in [3.63, 3.8) is 0 Å². The molecule has 0 atom stereocenters. The van der Waals surface area contributed by atoms with Crippen LogP contribution in [0.4, 0.5) is 0 Å². The number of rotatable bonds is 2. The molecule has 1 aliphatic rings. The van der Waals surface area contributed by atoms with E-state index in [1.807, 2.05) is 25.2 Å². The SMILES string of the molecule is C=C=N/C1=C(\C=C/C)C/C=c2/ncnc/c2=C/C(=C)O1. The Balaban J connectivity index is 2.64. The van der Waals surface area contributed by atoms with E-state index in [0.717, 1.165) is 16.1 Å². The molecule has 0 unspecified atom stereocenters. The van der Waals surface area contributed by atoms with Crippen molar-refractivity contribution in [2.24, 2.45) is 4.99 Å². The highest BCUT2D eigenvalue weighted by Crippen LogP contribution is 2.18. The van der Waals surface area contributed by atoms with Crippen molar-refractivity contribution in [3.8, 4) is 0 Å². The number of allylic oxidation sites excluding steroid dienone is 4. The van der Waals surface area contributed by atoms with Crippen LogP contribution in [-0.4, -0.2) is 15.8 Å². The summed E-state index contributed by atoms with van der Waals surface area (Å²) in [5.41, 5.74) is 0.907. The molecular weight excluding hydrogens is 250 g/mol. The van der Waals surface area contributed by atoms with Gasteiger partial charge in [-0.15, -0.1) is 0 Å². The summed E-state index contributed by atoms with van der Waals surface area (Å²) in [6.07, 6.45) is 11.5. The second-order valence-corrected chi connectivity index (χ2v) is 4.08. The van der Waals surface area contributed by atoms with E-state index in [9.17, 15) is 0 Å². The Kier molecular flexibility index (Phi) is 4.43. The molecule has 0 amide bonds. The fraction of sp³-hybridized carbons (Fsp3) is 0.125. The Morgan fingerprint density at radius 2 is 2.35 bits per heavy atom. The second-order valence-electron chi connectivity index (χ2n) is 4.08. The number of hydrogen-bond acceptors (Lipinski definition) is 4. The first-order chi connectivity index (χ1) is 9.74. The Morgan fingerprint density at radius 3 is 3.10 bits per heavy atom. The molecule has 0 saturated carbocycles. The zero-order valence-corrected chi connectivity index (χ0v) is 11.3. The van der Waals surface area contributed by atoms with Crippen LogP contribution in [0.5, 0.6) is 0 Å². The van der Waals surface area contributed by atoms with Crippen LogP contribution in [-0.2, 0) is 4.74 Å². The van der Waals surface area contributed by atoms with Gasteiger partial charge in [0.1, 0.15) is 12.1 Å². The molecule has 0 saturated heterocycles. The van der Waals surface area contributed by atoms with Crippen LogP contribution in [0.15, 0.2) is 60.0 Å². The Labute approximate surface area is 117 Å². The highest BCUT2D eigenvalue weighted by Gasteiger charge is 2.07. The molecule has 0 aromatic carbocycles. The van der Waals surface area contributed by atoms with E-state index in [1.165, 1.54) is 6.33 Å². The minimum Gasteiger partial charge on any atom is -0.439 e. The molecule has 2 heterocycles. The van der Waals surface area contributed by atoms with Crippen molar-refractivity contribution in [3.05, 3.63) is 65.6 Å². The Bertz CT molecular complexity index is 750. The summed E-state index contributed by atoms with van der Waals surface area (Å²) in [6.45, 7) is 9.30. The molecule has 1 aromatic heterocycles. The molecule has 100 valence electrons. The van der Waals surface area contributed by atoms with Gasteiger partial charge in [0.25, 0.3) is 0 Å². The third-order valence-electron chi connectivity index (χ3n) is 2.66. The van der Waals surface area contributed by atoms with Crippen LogP contribution in [0.3, 0.4) is 0 Å². The van der Waals surface area contributed by atoms with E-state index < -0.39 is 0 Å². The molecule has 2 rings (SSSR count). The van der Waals surface area contributed by atoms with Gasteiger partial charge in [0.05, 0.1) is 5.35 Å². The summed E-state index contributed by atoms with van der Waals surface area (Å²) < 4.78 is 5.67. The molecule has 0 aliphatic carbocycles. The maximum atomic E-state index is 5.67. The summed E-state index contributed by atoms with van der Waals surface area (Å²) in [4.78, 5) is 12.3. The molecule has 0 spiro atoms. The predicted octanol–water partition coefficient (Wildman–Crippen LogP) is 1.61. The van der Waals surface area contributed by atoms with E-state index in [2.05, 4.69) is 34.0 Å². The van der Waals surface area contributed by atoms with Gasteiger partial charge in [0.2, 0.25) is 5.88 Å². The smallest absolute Gasteiger partial charge is 0.230 e. The van der Waals surface area contributed by atoms with Crippen molar-refractivity contribution in [2.75, 3.05) is 0 Å². The first kappa shape index (κ1) is 13.7. The van der Waals surface area contributed by atoms with E-state index in [4.69, 9.17) is 4.74 Å². The minimum absolute atomic E-state index is 0.441. The van der Waals surface area contributed by atoms with Crippen LogP contribution in [0, 0.1) is 0 Å². The standard InChI is InChI=1S/C16H15N3O/c1-4-6-13-7-8-15-14(10-17-11-19-15)9-12(3)20-16(13)18-5-2/h4,6,8-11H,2-3,7H2,1H3/b6-4-,14-9-,15-8+,16-13-. The van der Waals surface area contributed by atoms with Crippen molar-refractivity contribution in [1.29, 1.82) is 0 Å². The summed E-state index contributed by atoms with van der Waals surface area (Å²) in [7, 11) is 0. The second kappa shape index (κ2) is 6.45. The molecule has 0 bridgehead atoms. The Morgan fingerprint density at radius 1 is 1.50 bits per heavy atom. The topological polar surface area (TPSA) is 47.4 Å². The first-order valence-electron chi connectivity index (χ1n) is 6.18. The highest BCUT2D eigenvalue weighted by molar-refractivity contribution is 5.51. The van der Waals surface area contributed by atoms with Crippen LogP contribution in [0.2, 0.25) is 0 Å². The lowest BCUT2D eigenvalue weighted by atomic mass is 10.1. The summed E-state index contributed by atoms with van der Waals surface area (Å²) >= 11 is 0. The predicted molar refractivity (Wildman–Crippen MR) is 80.0 cm³/mol. The highest BCUT2D eigenvalue weighted by atomic mass is 16.5. The van der Waals surface area contributed by atoms with Gasteiger partial charge in [-0.05, 0) is 31.9 Å². The molecular formula is C16H15N3O. The van der Waals surface area contributed by atoms with E-state index >= 15 is 0 Å². The van der Waals surface area contributed by atoms with Gasteiger partial charge in [-0.3, -0.25) is 0 Å². The molecule has 1 aromatic rings. The maximum absolute atomic E-state index is 5.67. The molecule has 0 N–H and O–H groups in total. The van der Waals surface area contributed by atoms with Gasteiger partial charge in [-0.1, -0.05) is 24.8 Å². The minimum atomic E-state index is 0.441. The van der Waals surface area contributed by atoms with Crippen LogP contribution in [0.1, 0.15) is 13.3 Å². The molecule has 20 heavy (non-hydrogen) atoms. The lowest BCUT2D eigenvalue weighted by Gasteiger charge is -2.07. The fourth-order valence-electron chi connectivity index (χ4n) is 1.83. The normalized spacial score (nSPS) is 21.9. The van der Waals surface area contributed by atoms with Gasteiger partial charge in [0.15, 0.2) is 0 Å². The summed E-state index contributed by atoms with van der Waals surface area (Å²) in [6, 6.07) is 0. The monoisotopic (exact) mass is 265 g/mol.